The molecule has 0 aliphatic carbocycles. The van der Waals surface area contributed by atoms with Crippen molar-refractivity contribution >= 4 is 39.1 Å². The van der Waals surface area contributed by atoms with Crippen LogP contribution in [-0.4, -0.2) is 51.5 Å². The van der Waals surface area contributed by atoms with Gasteiger partial charge in [-0.2, -0.15) is 4.31 Å². The van der Waals surface area contributed by atoms with E-state index in [0.717, 1.165) is 0 Å². The highest BCUT2D eigenvalue weighted by molar-refractivity contribution is 7.88. The first kappa shape index (κ1) is 17.5. The molecule has 1 amide bonds. The molecule has 1 aliphatic heterocycles. The zero-order valence-electron chi connectivity index (χ0n) is 11.9. The Kier molecular flexibility index (Phi) is 5.68. The zero-order chi connectivity index (χ0) is 16.3. The number of amides is 1. The lowest BCUT2D eigenvalue weighted by Crippen LogP contribution is -2.51. The monoisotopic (exact) mass is 366 g/mol. The van der Waals surface area contributed by atoms with Gasteiger partial charge in [-0.1, -0.05) is 29.3 Å². The Morgan fingerprint density at radius 3 is 2.82 bits per heavy atom. The van der Waals surface area contributed by atoms with Crippen LogP contribution in [0.1, 0.15) is 5.56 Å². The second kappa shape index (κ2) is 7.14. The minimum atomic E-state index is -3.60. The van der Waals surface area contributed by atoms with Crippen LogP contribution < -0.4 is 5.32 Å². The van der Waals surface area contributed by atoms with Crippen LogP contribution in [0.5, 0.6) is 0 Å². The summed E-state index contributed by atoms with van der Waals surface area (Å²) in [6.07, 6.45) is -0.797. The molecule has 2 rings (SSSR count). The third kappa shape index (κ3) is 4.11. The van der Waals surface area contributed by atoms with Crippen LogP contribution in [0.4, 0.5) is 0 Å². The van der Waals surface area contributed by atoms with Crippen LogP contribution >= 0.6 is 23.2 Å². The van der Waals surface area contributed by atoms with E-state index in [1.165, 1.54) is 17.4 Å². The fourth-order valence-corrected chi connectivity index (χ4v) is 4.22. The van der Waals surface area contributed by atoms with E-state index >= 15 is 0 Å². The van der Waals surface area contributed by atoms with E-state index in [1.54, 1.807) is 12.1 Å². The van der Waals surface area contributed by atoms with Gasteiger partial charge in [0.25, 0.3) is 0 Å². The molecule has 0 bridgehead atoms. The maximum Gasteiger partial charge on any atom is 0.250 e. The first-order valence-corrected chi connectivity index (χ1v) is 8.95. The molecule has 1 fully saturated rings. The highest BCUT2D eigenvalue weighted by Gasteiger charge is 2.33. The fraction of sp³-hybridized carbons (Fsp3) is 0.462. The minimum Gasteiger partial charge on any atom is -0.366 e. The van der Waals surface area contributed by atoms with Gasteiger partial charge in [-0.25, -0.2) is 8.42 Å². The Labute approximate surface area is 139 Å². The molecule has 0 spiro atoms. The molecule has 22 heavy (non-hydrogen) atoms. The van der Waals surface area contributed by atoms with Crippen molar-refractivity contribution in [3.05, 3.63) is 33.8 Å². The number of nitrogens with one attached hydrogen (secondary N) is 1. The van der Waals surface area contributed by atoms with Crippen LogP contribution in [0, 0.1) is 0 Å². The highest BCUT2D eigenvalue weighted by atomic mass is 35.5. The average molecular weight is 367 g/mol. The largest absolute Gasteiger partial charge is 0.366 e. The van der Waals surface area contributed by atoms with Crippen molar-refractivity contribution in [1.29, 1.82) is 0 Å². The summed E-state index contributed by atoms with van der Waals surface area (Å²) in [6.45, 7) is 0.375. The van der Waals surface area contributed by atoms with E-state index < -0.39 is 16.1 Å². The number of sulfonamides is 1. The topological polar surface area (TPSA) is 75.7 Å². The van der Waals surface area contributed by atoms with Crippen molar-refractivity contribution in [2.24, 2.45) is 0 Å². The first-order valence-electron chi connectivity index (χ1n) is 6.58. The van der Waals surface area contributed by atoms with Crippen LogP contribution in [-0.2, 0) is 25.3 Å². The Balaban J connectivity index is 2.14. The molecule has 0 radical (unpaired) electrons. The number of morpholine rings is 1. The molecule has 1 unspecified atom stereocenters. The van der Waals surface area contributed by atoms with Gasteiger partial charge in [0.1, 0.15) is 6.10 Å². The van der Waals surface area contributed by atoms with Crippen molar-refractivity contribution in [3.63, 3.8) is 0 Å². The number of rotatable bonds is 4. The Morgan fingerprint density at radius 2 is 2.18 bits per heavy atom. The van der Waals surface area contributed by atoms with Crippen molar-refractivity contribution < 1.29 is 17.9 Å². The average Bonchev–Trinajstić information content (AvgIpc) is 2.49. The molecule has 1 atom stereocenters. The predicted octanol–water partition coefficient (Wildman–Crippen LogP) is 1.27. The molecular weight excluding hydrogens is 351 g/mol. The highest BCUT2D eigenvalue weighted by Crippen LogP contribution is 2.24. The summed E-state index contributed by atoms with van der Waals surface area (Å²) in [4.78, 5) is 11.6. The second-order valence-corrected chi connectivity index (χ2v) is 7.64. The fourth-order valence-electron chi connectivity index (χ4n) is 2.12. The van der Waals surface area contributed by atoms with E-state index in [4.69, 9.17) is 27.9 Å². The predicted molar refractivity (Wildman–Crippen MR) is 84.5 cm³/mol. The third-order valence-electron chi connectivity index (χ3n) is 3.31. The summed E-state index contributed by atoms with van der Waals surface area (Å²) in [5, 5.41) is 3.19. The number of halogens is 2. The zero-order valence-corrected chi connectivity index (χ0v) is 14.2. The number of carbonyl (C=O) groups excluding carboxylic acids is 1. The number of hydrogen-bond acceptors (Lipinski definition) is 4. The molecule has 1 N–H and O–H groups in total. The van der Waals surface area contributed by atoms with Gasteiger partial charge in [0.15, 0.2) is 0 Å². The lowest BCUT2D eigenvalue weighted by molar-refractivity contribution is -0.135. The SMILES string of the molecule is CNC(=O)C1CN(S(=O)(=O)Cc2ccc(Cl)cc2Cl)CCO1. The Morgan fingerprint density at radius 1 is 1.45 bits per heavy atom. The lowest BCUT2D eigenvalue weighted by Gasteiger charge is -2.31. The first-order chi connectivity index (χ1) is 10.3. The van der Waals surface area contributed by atoms with Crippen LogP contribution in [0.3, 0.4) is 0 Å². The third-order valence-corrected chi connectivity index (χ3v) is 5.70. The quantitative estimate of drug-likeness (QED) is 0.870. The number of nitrogens with zero attached hydrogens (tertiary/aromatic N) is 1. The smallest absolute Gasteiger partial charge is 0.250 e. The summed E-state index contributed by atoms with van der Waals surface area (Å²) in [7, 11) is -2.12. The number of carbonyl (C=O) groups is 1. The molecule has 1 heterocycles. The molecular formula is C13H16Cl2N2O4S. The molecule has 0 saturated carbocycles. The van der Waals surface area contributed by atoms with Crippen LogP contribution in [0.25, 0.3) is 0 Å². The number of benzene rings is 1. The van der Waals surface area contributed by atoms with Crippen molar-refractivity contribution in [2.45, 2.75) is 11.9 Å². The number of ether oxygens (including phenoxy) is 1. The van der Waals surface area contributed by atoms with Gasteiger partial charge in [0.2, 0.25) is 15.9 Å². The van der Waals surface area contributed by atoms with Crippen LogP contribution in [0.2, 0.25) is 10.0 Å². The molecule has 1 aromatic rings. The van der Waals surface area contributed by atoms with Gasteiger partial charge in [0.05, 0.1) is 12.4 Å². The summed E-state index contributed by atoms with van der Waals surface area (Å²) in [5.74, 6) is -0.590. The molecule has 1 aliphatic rings. The summed E-state index contributed by atoms with van der Waals surface area (Å²) in [5.41, 5.74) is 0.467. The van der Waals surface area contributed by atoms with Crippen molar-refractivity contribution in [1.82, 2.24) is 9.62 Å². The standard InChI is InChI=1S/C13H16Cl2N2O4S/c1-16-13(18)12-7-17(4-5-21-12)22(19,20)8-9-2-3-10(14)6-11(9)15/h2-3,6,12H,4-5,7-8H2,1H3,(H,16,18). The van der Waals surface area contributed by atoms with Gasteiger partial charge in [-0.3, -0.25) is 4.79 Å². The van der Waals surface area contributed by atoms with E-state index in [-0.39, 0.29) is 31.4 Å². The molecule has 122 valence electrons. The van der Waals surface area contributed by atoms with Gasteiger partial charge >= 0.3 is 0 Å². The number of hydrogen-bond donors (Lipinski definition) is 1. The van der Waals surface area contributed by atoms with Crippen molar-refractivity contribution in [2.75, 3.05) is 26.7 Å². The molecule has 9 heteroatoms. The van der Waals surface area contributed by atoms with Gasteiger partial charge in [0, 0.05) is 30.2 Å². The second-order valence-electron chi connectivity index (χ2n) is 4.82. The van der Waals surface area contributed by atoms with Crippen LogP contribution in [0.15, 0.2) is 18.2 Å². The molecule has 0 aromatic heterocycles. The van der Waals surface area contributed by atoms with Crippen molar-refractivity contribution in [3.8, 4) is 0 Å². The summed E-state index contributed by atoms with van der Waals surface area (Å²) < 4.78 is 31.5. The maximum absolute atomic E-state index is 12.5. The summed E-state index contributed by atoms with van der Waals surface area (Å²) >= 11 is 11.8. The Hall–Kier alpha value is -0.860. The molecule has 6 nitrogen and oxygen atoms in total. The molecule has 1 aromatic carbocycles. The van der Waals surface area contributed by atoms with E-state index in [1.807, 2.05) is 0 Å². The van der Waals surface area contributed by atoms with Gasteiger partial charge < -0.3 is 10.1 Å². The van der Waals surface area contributed by atoms with E-state index in [9.17, 15) is 13.2 Å². The van der Waals surface area contributed by atoms with E-state index in [0.29, 0.717) is 15.6 Å². The lowest BCUT2D eigenvalue weighted by atomic mass is 10.2. The molecule has 1 saturated heterocycles. The number of likely N-dealkylation sites (N-methyl/N-ethyl adjacent to an activating group) is 1. The maximum atomic E-state index is 12.5. The Bertz CT molecular complexity index is 666. The minimum absolute atomic E-state index is 0.00673. The normalized spacial score (nSPS) is 19.9. The van der Waals surface area contributed by atoms with Gasteiger partial charge in [-0.15, -0.1) is 0 Å². The summed E-state index contributed by atoms with van der Waals surface area (Å²) in [6, 6.07) is 4.67. The van der Waals surface area contributed by atoms with E-state index in [2.05, 4.69) is 5.32 Å². The van der Waals surface area contributed by atoms with Gasteiger partial charge in [-0.05, 0) is 17.7 Å².